The molecule has 0 aromatic heterocycles. The number of carboxylic acid groups (broad SMARTS) is 1. The molecule has 1 aromatic carbocycles. The van der Waals surface area contributed by atoms with Gasteiger partial charge in [0.1, 0.15) is 6.61 Å². The van der Waals surface area contributed by atoms with E-state index in [-0.39, 0.29) is 5.56 Å². The van der Waals surface area contributed by atoms with Crippen molar-refractivity contribution in [1.29, 1.82) is 0 Å². The van der Waals surface area contributed by atoms with E-state index >= 15 is 0 Å². The second-order valence-electron chi connectivity index (χ2n) is 3.89. The van der Waals surface area contributed by atoms with Crippen LogP contribution in [0.1, 0.15) is 30.6 Å². The first-order valence-corrected chi connectivity index (χ1v) is 5.78. The molecule has 4 nitrogen and oxygen atoms in total. The standard InChI is InChI=1S/C14H18O4/c1-4-10(2)7-8-18-12-6-5-11(14(15)16)9-13(12)17-3/h5-7,9H,4,8H2,1-3H3,(H,15,16)/b10-7+. The Balaban J connectivity index is 2.80. The summed E-state index contributed by atoms with van der Waals surface area (Å²) in [5.74, 6) is -0.0123. The van der Waals surface area contributed by atoms with Gasteiger partial charge in [0.05, 0.1) is 12.7 Å². The number of hydrogen-bond donors (Lipinski definition) is 1. The van der Waals surface area contributed by atoms with E-state index in [9.17, 15) is 4.79 Å². The number of carboxylic acids is 1. The van der Waals surface area contributed by atoms with Crippen LogP contribution in [0.4, 0.5) is 0 Å². The van der Waals surface area contributed by atoms with Crippen molar-refractivity contribution in [3.8, 4) is 11.5 Å². The molecule has 0 aliphatic heterocycles. The number of rotatable bonds is 6. The van der Waals surface area contributed by atoms with Crippen LogP contribution in [-0.4, -0.2) is 24.8 Å². The summed E-state index contributed by atoms with van der Waals surface area (Å²) in [5.41, 5.74) is 1.43. The van der Waals surface area contributed by atoms with Crippen molar-refractivity contribution in [2.24, 2.45) is 0 Å². The SMILES string of the molecule is CC/C(C)=C/COc1ccc(C(=O)O)cc1OC. The van der Waals surface area contributed by atoms with Crippen LogP contribution in [0.3, 0.4) is 0 Å². The maximum atomic E-state index is 10.8. The summed E-state index contributed by atoms with van der Waals surface area (Å²) in [5, 5.41) is 8.87. The first kappa shape index (κ1) is 14.1. The second kappa shape index (κ2) is 6.69. The highest BCUT2D eigenvalue weighted by molar-refractivity contribution is 5.88. The minimum atomic E-state index is -0.985. The Labute approximate surface area is 107 Å². The molecule has 0 atom stereocenters. The van der Waals surface area contributed by atoms with Gasteiger partial charge in [-0.3, -0.25) is 0 Å². The molecular weight excluding hydrogens is 232 g/mol. The largest absolute Gasteiger partial charge is 0.493 e. The zero-order chi connectivity index (χ0) is 13.5. The van der Waals surface area contributed by atoms with Gasteiger partial charge >= 0.3 is 5.97 Å². The molecule has 0 saturated carbocycles. The third-order valence-corrected chi connectivity index (χ3v) is 2.64. The molecule has 0 fully saturated rings. The fraction of sp³-hybridized carbons (Fsp3) is 0.357. The summed E-state index contributed by atoms with van der Waals surface area (Å²) in [4.78, 5) is 10.8. The summed E-state index contributed by atoms with van der Waals surface area (Å²) in [6.07, 6.45) is 2.98. The van der Waals surface area contributed by atoms with Crippen LogP contribution in [0.2, 0.25) is 0 Å². The van der Waals surface area contributed by atoms with Crippen LogP contribution in [-0.2, 0) is 0 Å². The van der Waals surface area contributed by atoms with Gasteiger partial charge in [0, 0.05) is 0 Å². The van der Waals surface area contributed by atoms with E-state index < -0.39 is 5.97 Å². The molecule has 0 heterocycles. The van der Waals surface area contributed by atoms with E-state index in [4.69, 9.17) is 14.6 Å². The van der Waals surface area contributed by atoms with E-state index in [1.807, 2.05) is 13.0 Å². The van der Waals surface area contributed by atoms with Gasteiger partial charge in [0.2, 0.25) is 0 Å². The smallest absolute Gasteiger partial charge is 0.335 e. The van der Waals surface area contributed by atoms with Crippen LogP contribution < -0.4 is 9.47 Å². The Bertz CT molecular complexity index is 449. The maximum absolute atomic E-state index is 10.8. The molecule has 1 rings (SSSR count). The third kappa shape index (κ3) is 3.80. The molecule has 0 spiro atoms. The van der Waals surface area contributed by atoms with E-state index in [0.717, 1.165) is 6.42 Å². The van der Waals surface area contributed by atoms with Crippen LogP contribution >= 0.6 is 0 Å². The van der Waals surface area contributed by atoms with Crippen LogP contribution in [0.15, 0.2) is 29.8 Å². The zero-order valence-electron chi connectivity index (χ0n) is 10.9. The molecule has 0 unspecified atom stereocenters. The Morgan fingerprint density at radius 3 is 2.67 bits per heavy atom. The van der Waals surface area contributed by atoms with Gasteiger partial charge in [-0.2, -0.15) is 0 Å². The van der Waals surface area contributed by atoms with Crippen molar-refractivity contribution in [1.82, 2.24) is 0 Å². The van der Waals surface area contributed by atoms with Crippen LogP contribution in [0.5, 0.6) is 11.5 Å². The van der Waals surface area contributed by atoms with Crippen molar-refractivity contribution in [3.05, 3.63) is 35.4 Å². The normalized spacial score (nSPS) is 11.2. The van der Waals surface area contributed by atoms with Gasteiger partial charge in [-0.05, 0) is 37.6 Å². The average Bonchev–Trinajstić information content (AvgIpc) is 2.38. The summed E-state index contributed by atoms with van der Waals surface area (Å²) < 4.78 is 10.7. The van der Waals surface area contributed by atoms with Crippen molar-refractivity contribution in [2.45, 2.75) is 20.3 Å². The highest BCUT2D eigenvalue weighted by atomic mass is 16.5. The molecule has 4 heteroatoms. The first-order chi connectivity index (χ1) is 8.58. The average molecular weight is 250 g/mol. The highest BCUT2D eigenvalue weighted by Crippen LogP contribution is 2.28. The topological polar surface area (TPSA) is 55.8 Å². The van der Waals surface area contributed by atoms with E-state index in [0.29, 0.717) is 18.1 Å². The number of hydrogen-bond acceptors (Lipinski definition) is 3. The Morgan fingerprint density at radius 2 is 2.11 bits per heavy atom. The van der Waals surface area contributed by atoms with E-state index in [2.05, 4.69) is 6.92 Å². The molecule has 0 bridgehead atoms. The highest BCUT2D eigenvalue weighted by Gasteiger charge is 2.09. The van der Waals surface area contributed by atoms with E-state index in [1.165, 1.54) is 24.8 Å². The molecule has 18 heavy (non-hydrogen) atoms. The van der Waals surface area contributed by atoms with Gasteiger partial charge in [-0.15, -0.1) is 0 Å². The summed E-state index contributed by atoms with van der Waals surface area (Å²) in [6, 6.07) is 4.56. The quantitative estimate of drug-likeness (QED) is 0.788. The lowest BCUT2D eigenvalue weighted by Crippen LogP contribution is -2.01. The molecule has 1 aromatic rings. The number of aromatic carboxylic acids is 1. The number of methoxy groups -OCH3 is 1. The second-order valence-corrected chi connectivity index (χ2v) is 3.89. The van der Waals surface area contributed by atoms with Crippen LogP contribution in [0.25, 0.3) is 0 Å². The number of ether oxygens (including phenoxy) is 2. The third-order valence-electron chi connectivity index (χ3n) is 2.64. The van der Waals surface area contributed by atoms with Gasteiger partial charge in [-0.25, -0.2) is 4.79 Å². The molecule has 98 valence electrons. The number of carbonyl (C=O) groups is 1. The fourth-order valence-electron chi connectivity index (χ4n) is 1.34. The molecule has 0 aliphatic rings. The lowest BCUT2D eigenvalue weighted by molar-refractivity contribution is 0.0696. The predicted octanol–water partition coefficient (Wildman–Crippen LogP) is 3.13. The Kier molecular flexibility index (Phi) is 5.24. The predicted molar refractivity (Wildman–Crippen MR) is 69.5 cm³/mol. The van der Waals surface area contributed by atoms with Gasteiger partial charge in [0.25, 0.3) is 0 Å². The lowest BCUT2D eigenvalue weighted by atomic mass is 10.2. The molecule has 0 amide bonds. The van der Waals surface area contributed by atoms with E-state index in [1.54, 1.807) is 6.07 Å². The minimum Gasteiger partial charge on any atom is -0.493 e. The summed E-state index contributed by atoms with van der Waals surface area (Å²) >= 11 is 0. The van der Waals surface area contributed by atoms with Crippen molar-refractivity contribution in [2.75, 3.05) is 13.7 Å². The van der Waals surface area contributed by atoms with Crippen molar-refractivity contribution < 1.29 is 19.4 Å². The van der Waals surface area contributed by atoms with Crippen molar-refractivity contribution >= 4 is 5.97 Å². The molecule has 0 saturated heterocycles. The lowest BCUT2D eigenvalue weighted by Gasteiger charge is -2.10. The number of benzene rings is 1. The molecule has 0 radical (unpaired) electrons. The minimum absolute atomic E-state index is 0.180. The molecule has 1 N–H and O–H groups in total. The first-order valence-electron chi connectivity index (χ1n) is 5.78. The Hall–Kier alpha value is -1.97. The van der Waals surface area contributed by atoms with Gasteiger partial charge in [-0.1, -0.05) is 12.5 Å². The zero-order valence-corrected chi connectivity index (χ0v) is 10.9. The van der Waals surface area contributed by atoms with Gasteiger partial charge in [0.15, 0.2) is 11.5 Å². The van der Waals surface area contributed by atoms with Gasteiger partial charge < -0.3 is 14.6 Å². The molecule has 0 aliphatic carbocycles. The monoisotopic (exact) mass is 250 g/mol. The summed E-state index contributed by atoms with van der Waals surface area (Å²) in [7, 11) is 1.49. The van der Waals surface area contributed by atoms with Crippen LogP contribution in [0, 0.1) is 0 Å². The number of allylic oxidation sites excluding steroid dienone is 1. The fourth-order valence-corrected chi connectivity index (χ4v) is 1.34. The Morgan fingerprint density at radius 1 is 1.39 bits per heavy atom. The van der Waals surface area contributed by atoms with Crippen molar-refractivity contribution in [3.63, 3.8) is 0 Å². The maximum Gasteiger partial charge on any atom is 0.335 e. The summed E-state index contributed by atoms with van der Waals surface area (Å²) in [6.45, 7) is 4.56. The molecular formula is C14H18O4.